The fraction of sp³-hybridized carbons (Fsp3) is 1.00. The zero-order valence-corrected chi connectivity index (χ0v) is 12.4. The highest BCUT2D eigenvalue weighted by Gasteiger charge is 2.31. The molecule has 0 aromatic heterocycles. The lowest BCUT2D eigenvalue weighted by Crippen LogP contribution is -2.54. The van der Waals surface area contributed by atoms with Gasteiger partial charge < -0.3 is 4.43 Å². The van der Waals surface area contributed by atoms with E-state index in [1.165, 1.54) is 18.3 Å². The maximum Gasteiger partial charge on any atom is 0.139 e. The van der Waals surface area contributed by atoms with Gasteiger partial charge in [0, 0.05) is 23.3 Å². The number of hydrogen-bond acceptors (Lipinski definition) is 1. The summed E-state index contributed by atoms with van der Waals surface area (Å²) in [7, 11) is 0.569. The molecule has 0 spiro atoms. The van der Waals surface area contributed by atoms with Crippen molar-refractivity contribution in [1.29, 1.82) is 0 Å². The van der Waals surface area contributed by atoms with Crippen LogP contribution < -0.4 is 0 Å². The summed E-state index contributed by atoms with van der Waals surface area (Å²) in [6.07, 6.45) is 1.30. The van der Waals surface area contributed by atoms with Gasteiger partial charge >= 0.3 is 0 Å². The van der Waals surface area contributed by atoms with Crippen LogP contribution in [-0.2, 0) is 4.43 Å². The molecule has 60 valence electrons. The summed E-state index contributed by atoms with van der Waals surface area (Å²) in [6.45, 7) is 4.82. The van der Waals surface area contributed by atoms with E-state index in [4.69, 9.17) is 4.43 Å². The molecule has 1 saturated heterocycles. The van der Waals surface area contributed by atoms with Crippen LogP contribution >= 0.6 is 0 Å². The molecular weight excluding hydrogens is 188 g/mol. The average Bonchev–Trinajstić information content (AvgIpc) is 2.06. The van der Waals surface area contributed by atoms with E-state index in [1.54, 1.807) is 0 Å². The molecule has 0 aliphatic carbocycles. The Morgan fingerprint density at radius 3 is 2.40 bits per heavy atom. The van der Waals surface area contributed by atoms with Crippen LogP contribution in [-0.4, -0.2) is 40.2 Å². The van der Waals surface area contributed by atoms with Gasteiger partial charge in [-0.15, -0.1) is 0 Å². The summed E-state index contributed by atoms with van der Waals surface area (Å²) in [5.74, 6) is 0. The third kappa shape index (κ3) is 1.91. The fourth-order valence-corrected chi connectivity index (χ4v) is 57.0. The molecule has 0 saturated carbocycles. The van der Waals surface area contributed by atoms with Gasteiger partial charge in [-0.25, -0.2) is 0 Å². The van der Waals surface area contributed by atoms with E-state index in [1.807, 2.05) is 0 Å². The molecule has 1 aliphatic heterocycles. The van der Waals surface area contributed by atoms with E-state index in [9.17, 15) is 0 Å². The molecule has 1 rings (SSSR count). The molecule has 1 heterocycles. The van der Waals surface area contributed by atoms with E-state index in [0.29, 0.717) is 17.1 Å². The van der Waals surface area contributed by atoms with Crippen LogP contribution in [0.25, 0.3) is 0 Å². The Labute approximate surface area is 70.9 Å². The molecule has 1 aliphatic rings. The van der Waals surface area contributed by atoms with Crippen LogP contribution in [0.5, 0.6) is 0 Å². The third-order valence-electron chi connectivity index (χ3n) is 2.90. The molecule has 0 N–H and O–H groups in total. The first-order valence-electron chi connectivity index (χ1n) is 4.41. The van der Waals surface area contributed by atoms with Crippen molar-refractivity contribution < 1.29 is 4.43 Å². The van der Waals surface area contributed by atoms with Crippen molar-refractivity contribution in [3.05, 3.63) is 0 Å². The minimum absolute atomic E-state index is 0.156. The minimum Gasteiger partial charge on any atom is -0.432 e. The van der Waals surface area contributed by atoms with Gasteiger partial charge in [-0.2, -0.15) is 0 Å². The summed E-state index contributed by atoms with van der Waals surface area (Å²) >= 11 is 0. The van der Waals surface area contributed by atoms with E-state index in [-0.39, 0.29) is 9.28 Å². The van der Waals surface area contributed by atoms with Crippen molar-refractivity contribution in [2.75, 3.05) is 6.23 Å². The van der Waals surface area contributed by atoms with Crippen molar-refractivity contribution in [2.45, 2.75) is 25.9 Å². The zero-order chi connectivity index (χ0) is 7.45. The first-order valence-corrected chi connectivity index (χ1v) is 17.9. The van der Waals surface area contributed by atoms with Crippen LogP contribution in [0.15, 0.2) is 0 Å². The molecule has 0 amide bonds. The van der Waals surface area contributed by atoms with E-state index in [0.717, 1.165) is 0 Å². The monoisotopic (exact) mass is 206 g/mol. The summed E-state index contributed by atoms with van der Waals surface area (Å²) in [5, 5.41) is 0. The molecule has 0 aromatic carbocycles. The van der Waals surface area contributed by atoms with Crippen molar-refractivity contribution >= 4 is 34.0 Å². The molecule has 0 radical (unpaired) electrons. The van der Waals surface area contributed by atoms with Gasteiger partial charge in [0.1, 0.15) is 9.28 Å². The van der Waals surface area contributed by atoms with Crippen molar-refractivity contribution in [3.63, 3.8) is 0 Å². The lowest BCUT2D eigenvalue weighted by atomic mass is 10.9. The molecule has 0 bridgehead atoms. The smallest absolute Gasteiger partial charge is 0.139 e. The first-order chi connectivity index (χ1) is 4.83. The summed E-state index contributed by atoms with van der Waals surface area (Å²) in [4.78, 5) is 0. The fourth-order valence-electron chi connectivity index (χ4n) is 1.72. The zero-order valence-electron chi connectivity index (χ0n) is 7.15. The van der Waals surface area contributed by atoms with Crippen LogP contribution in [0.2, 0.25) is 12.1 Å². The normalized spacial score (nSPS) is 31.8. The summed E-state index contributed by atoms with van der Waals surface area (Å²) in [5.41, 5.74) is 0. The molecule has 0 atom stereocenters. The van der Waals surface area contributed by atoms with Crippen molar-refractivity contribution in [3.8, 4) is 0 Å². The second-order valence-corrected chi connectivity index (χ2v) is 30.3. The maximum absolute atomic E-state index is 5.76. The van der Waals surface area contributed by atoms with Gasteiger partial charge in [-0.1, -0.05) is 25.9 Å². The maximum atomic E-state index is 5.76. The number of rotatable bonds is 2. The van der Waals surface area contributed by atoms with Crippen LogP contribution in [0.4, 0.5) is 0 Å². The van der Waals surface area contributed by atoms with Crippen LogP contribution in [0.1, 0.15) is 13.8 Å². The van der Waals surface area contributed by atoms with Crippen molar-refractivity contribution in [2.24, 2.45) is 0 Å². The van der Waals surface area contributed by atoms with Crippen molar-refractivity contribution in [1.82, 2.24) is 0 Å². The molecule has 10 heavy (non-hydrogen) atoms. The highest BCUT2D eigenvalue weighted by molar-refractivity contribution is 7.54. The Bertz CT molecular complexity index is 95.8. The quantitative estimate of drug-likeness (QED) is 0.516. The lowest BCUT2D eigenvalue weighted by Gasteiger charge is -2.32. The Morgan fingerprint density at radius 2 is 2.10 bits per heavy atom. The average molecular weight is 207 g/mol. The summed E-state index contributed by atoms with van der Waals surface area (Å²) < 4.78 is 5.76. The topological polar surface area (TPSA) is 9.23 Å². The van der Waals surface area contributed by atoms with Crippen LogP contribution in [0, 0.1) is 0 Å². The molecule has 1 fully saturated rings. The molecular formula is C5H18OSi4. The molecule has 5 heteroatoms. The SMILES string of the molecule is CC[Si]1(CC)CO[SiH2][SiH2][SiH2]1. The van der Waals surface area contributed by atoms with Gasteiger partial charge in [-0.3, -0.25) is 0 Å². The Morgan fingerprint density at radius 1 is 1.40 bits per heavy atom. The lowest BCUT2D eigenvalue weighted by molar-refractivity contribution is 0.412. The molecule has 0 aromatic rings. The number of hydrogen-bond donors (Lipinski definition) is 0. The van der Waals surface area contributed by atoms with E-state index < -0.39 is 7.59 Å². The van der Waals surface area contributed by atoms with Gasteiger partial charge in [0.15, 0.2) is 0 Å². The van der Waals surface area contributed by atoms with Gasteiger partial charge in [-0.05, 0) is 0 Å². The highest BCUT2D eigenvalue weighted by Crippen LogP contribution is 2.15. The minimum atomic E-state index is -0.617. The van der Waals surface area contributed by atoms with E-state index >= 15 is 0 Å². The molecule has 0 unspecified atom stereocenters. The first kappa shape index (κ1) is 8.92. The van der Waals surface area contributed by atoms with Gasteiger partial charge in [0.25, 0.3) is 0 Å². The second kappa shape index (κ2) is 4.01. The predicted octanol–water partition coefficient (Wildman–Crippen LogP) is -1.21. The Kier molecular flexibility index (Phi) is 3.57. The van der Waals surface area contributed by atoms with Gasteiger partial charge in [0.2, 0.25) is 0 Å². The molecule has 1 nitrogen and oxygen atoms in total. The van der Waals surface area contributed by atoms with E-state index in [2.05, 4.69) is 13.8 Å². The standard InChI is InChI=1S/C5H18OSi4/c1-3-10(4-2)5-6-7-8-9-10/h3-5,7-9H2,1-2H3. The highest BCUT2D eigenvalue weighted by atomic mass is 29.7. The largest absolute Gasteiger partial charge is 0.432 e. The Hall–Kier alpha value is 0.828. The van der Waals surface area contributed by atoms with Gasteiger partial charge in [0.05, 0.1) is 7.59 Å². The predicted molar refractivity (Wildman–Crippen MR) is 58.3 cm³/mol. The third-order valence-corrected chi connectivity index (χ3v) is 43.8. The second-order valence-electron chi connectivity index (χ2n) is 3.36. The van der Waals surface area contributed by atoms with Crippen LogP contribution in [0.3, 0.4) is 0 Å². The summed E-state index contributed by atoms with van der Waals surface area (Å²) in [6, 6.07) is 3.08. The Balaban J connectivity index is 2.44.